The van der Waals surface area contributed by atoms with Gasteiger partial charge >= 0.3 is 5.69 Å². The molecule has 0 aliphatic rings. The van der Waals surface area contributed by atoms with E-state index in [1.165, 1.54) is 7.05 Å². The Bertz CT molecular complexity index is 690. The smallest absolute Gasteiger partial charge is 0.302 e. The molecule has 1 rings (SSSR count). The van der Waals surface area contributed by atoms with Gasteiger partial charge in [0, 0.05) is 20.3 Å². The second kappa shape index (κ2) is 3.87. The number of carbonyl (C=O) groups excluding carboxylic acids is 1. The maximum Gasteiger partial charge on any atom is 0.330 e. The van der Waals surface area contributed by atoms with Crippen LogP contribution in [0.1, 0.15) is 0 Å². The van der Waals surface area contributed by atoms with Crippen molar-refractivity contribution in [3.63, 3.8) is 0 Å². The summed E-state index contributed by atoms with van der Waals surface area (Å²) >= 11 is 0. The fourth-order valence-electron chi connectivity index (χ4n) is 1.05. The van der Waals surface area contributed by atoms with Crippen LogP contribution in [0.5, 0.6) is 0 Å². The van der Waals surface area contributed by atoms with Gasteiger partial charge in [0.1, 0.15) is 0 Å². The van der Waals surface area contributed by atoms with Crippen LogP contribution in [0.2, 0.25) is 0 Å². The zero-order valence-corrected chi connectivity index (χ0v) is 9.18. The number of hydrogen-bond acceptors (Lipinski definition) is 5. The van der Waals surface area contributed by atoms with Gasteiger partial charge in [0.15, 0.2) is 4.90 Å². The van der Waals surface area contributed by atoms with E-state index < -0.39 is 26.2 Å². The molecule has 0 aromatic carbocycles. The lowest BCUT2D eigenvalue weighted by atomic mass is 10.6. The highest BCUT2D eigenvalue weighted by molar-refractivity contribution is 7.90. The first-order valence-electron chi connectivity index (χ1n) is 3.92. The lowest BCUT2D eigenvalue weighted by molar-refractivity contribution is 0.562. The van der Waals surface area contributed by atoms with Gasteiger partial charge in [-0.25, -0.2) is 9.59 Å². The molecule has 0 unspecified atom stereocenters. The molecule has 0 aliphatic heterocycles. The Balaban J connectivity index is 3.82. The summed E-state index contributed by atoms with van der Waals surface area (Å²) in [5, 5.41) is 0. The Morgan fingerprint density at radius 2 is 1.88 bits per heavy atom. The van der Waals surface area contributed by atoms with Gasteiger partial charge in [0.05, 0.1) is 0 Å². The predicted octanol–water partition coefficient (Wildman–Crippen LogP) is -1.89. The minimum atomic E-state index is -4.39. The van der Waals surface area contributed by atoms with Crippen LogP contribution >= 0.6 is 0 Å². The zero-order valence-electron chi connectivity index (χ0n) is 8.37. The molecule has 0 amide bonds. The summed E-state index contributed by atoms with van der Waals surface area (Å²) in [5.41, 5.74) is -1.72. The second-order valence-electron chi connectivity index (χ2n) is 2.91. The van der Waals surface area contributed by atoms with Crippen LogP contribution in [0, 0.1) is 0 Å². The van der Waals surface area contributed by atoms with E-state index in [1.54, 1.807) is 0 Å². The summed E-state index contributed by atoms with van der Waals surface area (Å²) < 4.78 is 26.7. The van der Waals surface area contributed by atoms with Crippen LogP contribution in [0.4, 0.5) is 0 Å². The minimum absolute atomic E-state index is 0.604. The zero-order chi connectivity index (χ0) is 12.5. The Kier molecular flexibility index (Phi) is 2.92. The summed E-state index contributed by atoms with van der Waals surface area (Å²) in [6.45, 7) is 0. The molecule has 1 aromatic heterocycles. The van der Waals surface area contributed by atoms with Crippen LogP contribution in [0.15, 0.2) is 25.1 Å². The van der Waals surface area contributed by atoms with Crippen molar-refractivity contribution in [2.45, 2.75) is 4.90 Å². The quantitative estimate of drug-likeness (QED) is 0.447. The molecule has 0 saturated carbocycles. The third-order valence-electron chi connectivity index (χ3n) is 1.85. The van der Waals surface area contributed by atoms with Gasteiger partial charge in [-0.05, 0) is 0 Å². The molecule has 8 nitrogen and oxygen atoms in total. The van der Waals surface area contributed by atoms with Crippen molar-refractivity contribution in [3.8, 4) is 0 Å². The Morgan fingerprint density at radius 1 is 1.31 bits per heavy atom. The molecule has 0 aliphatic carbocycles. The van der Waals surface area contributed by atoms with E-state index in [0.29, 0.717) is 4.57 Å². The predicted molar refractivity (Wildman–Crippen MR) is 52.2 cm³/mol. The first-order valence-corrected chi connectivity index (χ1v) is 5.36. The summed E-state index contributed by atoms with van der Waals surface area (Å²) in [6.07, 6.45) is 1.65. The number of aryl methyl sites for hydroxylation is 1. The van der Waals surface area contributed by atoms with Crippen molar-refractivity contribution >= 4 is 16.1 Å². The van der Waals surface area contributed by atoms with Gasteiger partial charge in [0.25, 0.3) is 21.7 Å². The fraction of sp³-hybridized carbons (Fsp3) is 0.286. The molecule has 16 heavy (non-hydrogen) atoms. The summed E-state index contributed by atoms with van der Waals surface area (Å²) in [5.74, 6) is 0. The van der Waals surface area contributed by atoms with Crippen molar-refractivity contribution in [2.75, 3.05) is 0 Å². The molecule has 0 saturated heterocycles. The monoisotopic (exact) mass is 245 g/mol. The highest BCUT2D eigenvalue weighted by Crippen LogP contribution is 2.03. The van der Waals surface area contributed by atoms with Crippen molar-refractivity contribution in [3.05, 3.63) is 27.0 Å². The molecular formula is C7H7N3O5S. The van der Waals surface area contributed by atoms with E-state index in [2.05, 4.69) is 4.40 Å². The summed E-state index contributed by atoms with van der Waals surface area (Å²) in [7, 11) is -2.01. The first kappa shape index (κ1) is 12.1. The Labute approximate surface area is 89.5 Å². The molecule has 0 bridgehead atoms. The van der Waals surface area contributed by atoms with E-state index >= 15 is 0 Å². The van der Waals surface area contributed by atoms with Gasteiger partial charge in [-0.3, -0.25) is 9.36 Å². The van der Waals surface area contributed by atoms with Crippen LogP contribution in [-0.4, -0.2) is 23.6 Å². The van der Waals surface area contributed by atoms with Crippen LogP contribution in [0.25, 0.3) is 0 Å². The molecule has 86 valence electrons. The lowest BCUT2D eigenvalue weighted by Crippen LogP contribution is -2.39. The van der Waals surface area contributed by atoms with Crippen LogP contribution in [-0.2, 0) is 28.9 Å². The number of sulfonamides is 1. The lowest BCUT2D eigenvalue weighted by Gasteiger charge is -2.03. The van der Waals surface area contributed by atoms with Gasteiger partial charge in [-0.1, -0.05) is 4.40 Å². The highest BCUT2D eigenvalue weighted by atomic mass is 32.2. The topological polar surface area (TPSA) is 108 Å². The van der Waals surface area contributed by atoms with E-state index in [0.717, 1.165) is 23.9 Å². The number of isocyanates is 1. The van der Waals surface area contributed by atoms with Gasteiger partial charge in [-0.15, -0.1) is 0 Å². The minimum Gasteiger partial charge on any atom is -0.302 e. The van der Waals surface area contributed by atoms with Crippen molar-refractivity contribution in [2.24, 2.45) is 18.5 Å². The molecule has 0 radical (unpaired) electrons. The average molecular weight is 245 g/mol. The molecule has 0 N–H and O–H groups in total. The first-order chi connectivity index (χ1) is 7.31. The van der Waals surface area contributed by atoms with Crippen LogP contribution in [0.3, 0.4) is 0 Å². The number of nitrogens with zero attached hydrogens (tertiary/aromatic N) is 3. The van der Waals surface area contributed by atoms with E-state index in [9.17, 15) is 22.8 Å². The SMILES string of the molecule is Cn1cc(S(=O)(=O)N=C=O)c(=O)n(C)c1=O. The van der Waals surface area contributed by atoms with Gasteiger partial charge in [0.2, 0.25) is 0 Å². The van der Waals surface area contributed by atoms with Crippen molar-refractivity contribution in [1.29, 1.82) is 0 Å². The Morgan fingerprint density at radius 3 is 2.38 bits per heavy atom. The molecular weight excluding hydrogens is 238 g/mol. The van der Waals surface area contributed by atoms with Gasteiger partial charge in [-0.2, -0.15) is 8.42 Å². The molecule has 0 fully saturated rings. The maximum atomic E-state index is 11.4. The molecule has 1 heterocycles. The largest absolute Gasteiger partial charge is 0.330 e. The summed E-state index contributed by atoms with van der Waals surface area (Å²) in [4.78, 5) is 31.8. The maximum absolute atomic E-state index is 11.4. The van der Waals surface area contributed by atoms with Crippen molar-refractivity contribution < 1.29 is 13.2 Å². The number of rotatable bonds is 2. The summed E-state index contributed by atoms with van der Waals surface area (Å²) in [6, 6.07) is 0. The van der Waals surface area contributed by atoms with Crippen molar-refractivity contribution in [1.82, 2.24) is 9.13 Å². The van der Waals surface area contributed by atoms with E-state index in [4.69, 9.17) is 0 Å². The normalized spacial score (nSPS) is 10.9. The third kappa shape index (κ3) is 1.86. The standard InChI is InChI=1S/C7H7N3O5S/c1-9-3-5(16(14,15)8-4-11)6(12)10(2)7(9)13/h3H,1-2H3. The molecule has 0 atom stereocenters. The number of hydrogen-bond donors (Lipinski definition) is 0. The third-order valence-corrected chi connectivity index (χ3v) is 3.00. The fourth-order valence-corrected chi connectivity index (χ4v) is 1.90. The van der Waals surface area contributed by atoms with E-state index in [-0.39, 0.29) is 0 Å². The average Bonchev–Trinajstić information content (AvgIpc) is 2.20. The highest BCUT2D eigenvalue weighted by Gasteiger charge is 2.20. The van der Waals surface area contributed by atoms with Crippen LogP contribution < -0.4 is 11.2 Å². The van der Waals surface area contributed by atoms with E-state index in [1.807, 2.05) is 0 Å². The molecule has 0 spiro atoms. The Hall–Kier alpha value is -1.99. The number of aromatic nitrogens is 2. The molecule has 1 aromatic rings. The van der Waals surface area contributed by atoms with Gasteiger partial charge < -0.3 is 4.57 Å². The molecule has 9 heteroatoms. The second-order valence-corrected chi connectivity index (χ2v) is 4.48.